The Morgan fingerprint density at radius 3 is 2.00 bits per heavy atom. The first-order chi connectivity index (χ1) is 19.2. The van der Waals surface area contributed by atoms with E-state index >= 15 is 0 Å². The lowest BCUT2D eigenvalue weighted by molar-refractivity contribution is -0.138. The third-order valence-corrected chi connectivity index (χ3v) is 8.36. The highest BCUT2D eigenvalue weighted by molar-refractivity contribution is 8.13. The van der Waals surface area contributed by atoms with Gasteiger partial charge in [-0.15, -0.1) is 0 Å². The van der Waals surface area contributed by atoms with Gasteiger partial charge in [0, 0.05) is 35.5 Å². The minimum atomic E-state index is -4.78. The molecule has 0 aliphatic heterocycles. The van der Waals surface area contributed by atoms with E-state index in [9.17, 15) is 53.1 Å². The van der Waals surface area contributed by atoms with E-state index in [1.807, 2.05) is 0 Å². The van der Waals surface area contributed by atoms with Gasteiger partial charge >= 0.3 is 18.3 Å². The number of aromatic nitrogens is 3. The summed E-state index contributed by atoms with van der Waals surface area (Å²) in [6.07, 6.45) is -6.76. The average Bonchev–Trinajstić information content (AvgIpc) is 3.35. The minimum Gasteiger partial charge on any atom is -0.478 e. The molecule has 9 nitrogen and oxygen atoms in total. The molecule has 0 unspecified atom stereocenters. The SMILES string of the molecule is O=C(O)c1cc(-c2ccccc2)n(S(=O)(=O)c2cncc(C(F)(F)F)c2)c1.O=S(=O)(Cl)c1cnc(Cl)c(C(F)(F)F)c1. The maximum atomic E-state index is 12.9. The van der Waals surface area contributed by atoms with Crippen LogP contribution in [0.4, 0.5) is 26.3 Å². The Hall–Kier alpha value is -3.67. The van der Waals surface area contributed by atoms with Gasteiger partial charge < -0.3 is 5.11 Å². The topological polar surface area (TPSA) is 136 Å². The van der Waals surface area contributed by atoms with Crippen molar-refractivity contribution in [1.29, 1.82) is 0 Å². The van der Waals surface area contributed by atoms with Crippen LogP contribution in [-0.2, 0) is 31.4 Å². The van der Waals surface area contributed by atoms with Crippen LogP contribution < -0.4 is 0 Å². The lowest BCUT2D eigenvalue weighted by Crippen LogP contribution is -2.15. The number of carboxylic acids is 1. The zero-order valence-electron chi connectivity index (χ0n) is 20.1. The van der Waals surface area contributed by atoms with Crippen molar-refractivity contribution in [3.05, 3.63) is 95.2 Å². The van der Waals surface area contributed by atoms with Crippen LogP contribution in [0.2, 0.25) is 5.15 Å². The minimum absolute atomic E-state index is 0.00501. The van der Waals surface area contributed by atoms with E-state index in [2.05, 4.69) is 9.97 Å². The van der Waals surface area contributed by atoms with Crippen molar-refractivity contribution in [3.8, 4) is 11.3 Å². The Balaban J connectivity index is 0.000000274. The summed E-state index contributed by atoms with van der Waals surface area (Å²) in [6, 6.07) is 9.94. The summed E-state index contributed by atoms with van der Waals surface area (Å²) in [5.41, 5.74) is -2.50. The number of pyridine rings is 2. The summed E-state index contributed by atoms with van der Waals surface area (Å²) in [4.78, 5) is 16.3. The molecule has 42 heavy (non-hydrogen) atoms. The molecule has 0 bridgehead atoms. The number of carbonyl (C=O) groups is 1. The summed E-state index contributed by atoms with van der Waals surface area (Å²) in [6.45, 7) is 0. The Labute approximate surface area is 242 Å². The van der Waals surface area contributed by atoms with E-state index in [0.29, 0.717) is 34.1 Å². The summed E-state index contributed by atoms with van der Waals surface area (Å²) in [5, 5.41) is 8.36. The van der Waals surface area contributed by atoms with Crippen LogP contribution in [-0.4, -0.2) is 41.9 Å². The molecule has 0 amide bonds. The summed E-state index contributed by atoms with van der Waals surface area (Å²) in [7, 11) is -3.92. The second-order valence-electron chi connectivity index (χ2n) is 7.94. The highest BCUT2D eigenvalue weighted by Gasteiger charge is 2.35. The molecule has 0 aliphatic carbocycles. The molecular formula is C23H13Cl2F6N3O6S2. The van der Waals surface area contributed by atoms with Crippen LogP contribution in [0.3, 0.4) is 0 Å². The molecule has 0 saturated carbocycles. The zero-order chi connectivity index (χ0) is 31.7. The van der Waals surface area contributed by atoms with E-state index in [-0.39, 0.29) is 11.3 Å². The maximum Gasteiger partial charge on any atom is 0.419 e. The smallest absolute Gasteiger partial charge is 0.419 e. The van der Waals surface area contributed by atoms with Crippen LogP contribution in [0.15, 0.2) is 83.1 Å². The van der Waals surface area contributed by atoms with Crippen molar-refractivity contribution in [3.63, 3.8) is 0 Å². The van der Waals surface area contributed by atoms with Crippen molar-refractivity contribution in [2.45, 2.75) is 22.1 Å². The number of carboxylic acid groups (broad SMARTS) is 1. The fourth-order valence-corrected chi connectivity index (χ4v) is 5.44. The van der Waals surface area contributed by atoms with Gasteiger partial charge in [0.05, 0.1) is 22.4 Å². The van der Waals surface area contributed by atoms with Gasteiger partial charge in [-0.25, -0.2) is 30.6 Å². The van der Waals surface area contributed by atoms with E-state index < -0.39 is 63.5 Å². The quantitative estimate of drug-likeness (QED) is 0.150. The fourth-order valence-electron chi connectivity index (χ4n) is 3.17. The van der Waals surface area contributed by atoms with E-state index in [4.69, 9.17) is 22.3 Å². The molecule has 0 radical (unpaired) electrons. The highest BCUT2D eigenvalue weighted by atomic mass is 35.7. The molecule has 0 aliphatic rings. The molecule has 0 atom stereocenters. The van der Waals surface area contributed by atoms with Crippen LogP contribution >= 0.6 is 22.3 Å². The lowest BCUT2D eigenvalue weighted by Gasteiger charge is -2.12. The van der Waals surface area contributed by atoms with Crippen molar-refractivity contribution >= 4 is 47.3 Å². The molecule has 3 heterocycles. The van der Waals surface area contributed by atoms with Gasteiger partial charge in [0.25, 0.3) is 19.1 Å². The number of nitrogens with zero attached hydrogens (tertiary/aromatic N) is 3. The predicted molar refractivity (Wildman–Crippen MR) is 136 cm³/mol. The Bertz CT molecular complexity index is 1850. The maximum absolute atomic E-state index is 12.9. The Morgan fingerprint density at radius 2 is 1.48 bits per heavy atom. The van der Waals surface area contributed by atoms with Crippen LogP contribution in [0.1, 0.15) is 21.5 Å². The molecule has 1 N–H and O–H groups in total. The van der Waals surface area contributed by atoms with E-state index in [0.717, 1.165) is 18.5 Å². The van der Waals surface area contributed by atoms with Gasteiger partial charge in [-0.2, -0.15) is 26.3 Å². The van der Waals surface area contributed by atoms with Gasteiger partial charge in [-0.05, 0) is 23.8 Å². The van der Waals surface area contributed by atoms with Crippen LogP contribution in [0, 0.1) is 0 Å². The normalized spacial score (nSPS) is 12.4. The standard InChI is InChI=1S/C17H11F3N2O4S.C6H2Cl2F3NO2S/c18-17(19,20)13-7-14(9-21-8-13)27(25,26)22-10-12(16(23)24)6-15(22)11-4-2-1-3-5-11;7-5-4(6(9,10)11)1-3(2-12-5)15(8,13)14/h1-10H,(H,23,24);1-2H. The first-order valence-corrected chi connectivity index (χ1v) is 14.8. The highest BCUT2D eigenvalue weighted by Crippen LogP contribution is 2.35. The molecule has 0 saturated heterocycles. The number of hydrogen-bond donors (Lipinski definition) is 1. The van der Waals surface area contributed by atoms with Gasteiger partial charge in [0.2, 0.25) is 0 Å². The predicted octanol–water partition coefficient (Wildman–Crippen LogP) is 6.19. The van der Waals surface area contributed by atoms with E-state index in [1.165, 1.54) is 0 Å². The third-order valence-electron chi connectivity index (χ3n) is 5.10. The van der Waals surface area contributed by atoms with Crippen LogP contribution in [0.5, 0.6) is 0 Å². The van der Waals surface area contributed by atoms with Gasteiger partial charge in [-0.1, -0.05) is 41.9 Å². The third kappa shape index (κ3) is 7.58. The molecule has 3 aromatic heterocycles. The number of alkyl halides is 6. The van der Waals surface area contributed by atoms with Gasteiger partial charge in [-0.3, -0.25) is 4.98 Å². The number of rotatable bonds is 5. The number of halogens is 8. The molecule has 4 aromatic rings. The summed E-state index contributed by atoms with van der Waals surface area (Å²) >= 11 is 5.16. The van der Waals surface area contributed by atoms with Crippen LogP contribution in [0.25, 0.3) is 11.3 Å². The molecule has 1 aromatic carbocycles. The molecule has 0 fully saturated rings. The Kier molecular flexibility index (Phi) is 9.31. The lowest BCUT2D eigenvalue weighted by atomic mass is 10.1. The van der Waals surface area contributed by atoms with Gasteiger partial charge in [0.1, 0.15) is 14.9 Å². The molecule has 224 valence electrons. The van der Waals surface area contributed by atoms with Crippen molar-refractivity contribution in [2.24, 2.45) is 0 Å². The van der Waals surface area contributed by atoms with Gasteiger partial charge in [0.15, 0.2) is 0 Å². The Morgan fingerprint density at radius 1 is 0.857 bits per heavy atom. The second kappa shape index (κ2) is 11.9. The fraction of sp³-hybridized carbons (Fsp3) is 0.0870. The molecule has 0 spiro atoms. The molecule has 19 heteroatoms. The molecular weight excluding hydrogens is 663 g/mol. The second-order valence-corrected chi connectivity index (χ2v) is 12.7. The summed E-state index contributed by atoms with van der Waals surface area (Å²) < 4.78 is 123. The number of benzene rings is 1. The monoisotopic (exact) mass is 675 g/mol. The zero-order valence-corrected chi connectivity index (χ0v) is 23.2. The van der Waals surface area contributed by atoms with E-state index in [1.54, 1.807) is 30.3 Å². The summed E-state index contributed by atoms with van der Waals surface area (Å²) in [5.74, 6) is -1.37. The first kappa shape index (κ1) is 32.8. The van der Waals surface area contributed by atoms with Crippen molar-refractivity contribution < 1.29 is 53.1 Å². The van der Waals surface area contributed by atoms with Crippen molar-refractivity contribution in [2.75, 3.05) is 0 Å². The number of aromatic carboxylic acids is 1. The largest absolute Gasteiger partial charge is 0.478 e. The number of hydrogen-bond acceptors (Lipinski definition) is 7. The first-order valence-electron chi connectivity index (χ1n) is 10.7. The molecule has 4 rings (SSSR count). The average molecular weight is 676 g/mol. The van der Waals surface area contributed by atoms with Crippen molar-refractivity contribution in [1.82, 2.24) is 13.9 Å².